The zero-order valence-electron chi connectivity index (χ0n) is 7.85. The Morgan fingerprint density at radius 2 is 2.27 bits per heavy atom. The number of aliphatic imine (C=N–C) groups is 1. The Balaban J connectivity index is 2.67. The molecule has 0 fully saturated rings. The van der Waals surface area contributed by atoms with E-state index in [2.05, 4.69) is 27.7 Å². The van der Waals surface area contributed by atoms with Gasteiger partial charge in [-0.15, -0.1) is 11.8 Å². The third-order valence-corrected chi connectivity index (χ3v) is 3.79. The Bertz CT molecular complexity index is 174. The maximum absolute atomic E-state index is 4.72. The SMILES string of the molecule is CCC1(C)CSC(C(C)C)=N1. The molecular formula is C9H17NS. The monoisotopic (exact) mass is 171 g/mol. The molecule has 0 amide bonds. The lowest BCUT2D eigenvalue weighted by molar-refractivity contribution is 0.520. The normalized spacial score (nSPS) is 31.2. The van der Waals surface area contributed by atoms with Crippen LogP contribution in [-0.4, -0.2) is 16.3 Å². The van der Waals surface area contributed by atoms with Crippen molar-refractivity contribution in [2.75, 3.05) is 5.75 Å². The predicted octanol–water partition coefficient (Wildman–Crippen LogP) is 2.96. The first-order valence-corrected chi connectivity index (χ1v) is 5.28. The van der Waals surface area contributed by atoms with Crippen molar-refractivity contribution in [2.45, 2.75) is 39.7 Å². The molecule has 1 nitrogen and oxygen atoms in total. The molecule has 0 aromatic heterocycles. The van der Waals surface area contributed by atoms with Gasteiger partial charge < -0.3 is 0 Å². The summed E-state index contributed by atoms with van der Waals surface area (Å²) in [6.45, 7) is 8.89. The molecule has 0 aromatic rings. The van der Waals surface area contributed by atoms with Gasteiger partial charge in [0.15, 0.2) is 0 Å². The van der Waals surface area contributed by atoms with Crippen LogP contribution in [0.5, 0.6) is 0 Å². The van der Waals surface area contributed by atoms with E-state index >= 15 is 0 Å². The van der Waals surface area contributed by atoms with Crippen molar-refractivity contribution in [1.82, 2.24) is 0 Å². The van der Waals surface area contributed by atoms with Crippen LogP contribution in [0, 0.1) is 5.92 Å². The highest BCUT2D eigenvalue weighted by Gasteiger charge is 2.29. The highest BCUT2D eigenvalue weighted by Crippen LogP contribution is 2.32. The summed E-state index contributed by atoms with van der Waals surface area (Å²) in [7, 11) is 0. The zero-order valence-corrected chi connectivity index (χ0v) is 8.66. The van der Waals surface area contributed by atoms with E-state index < -0.39 is 0 Å². The highest BCUT2D eigenvalue weighted by molar-refractivity contribution is 8.14. The van der Waals surface area contributed by atoms with Crippen molar-refractivity contribution in [1.29, 1.82) is 0 Å². The second-order valence-electron chi connectivity index (χ2n) is 3.74. The lowest BCUT2D eigenvalue weighted by Gasteiger charge is -2.15. The second kappa shape index (κ2) is 3.18. The van der Waals surface area contributed by atoms with E-state index in [9.17, 15) is 0 Å². The average molecular weight is 171 g/mol. The molecule has 0 saturated heterocycles. The molecule has 1 unspecified atom stereocenters. The minimum absolute atomic E-state index is 0.240. The lowest BCUT2D eigenvalue weighted by Crippen LogP contribution is -2.20. The molecule has 2 heteroatoms. The summed E-state index contributed by atoms with van der Waals surface area (Å²) in [6, 6.07) is 0. The summed E-state index contributed by atoms with van der Waals surface area (Å²) in [5, 5.41) is 1.34. The van der Waals surface area contributed by atoms with Crippen LogP contribution >= 0.6 is 11.8 Å². The fraction of sp³-hybridized carbons (Fsp3) is 0.889. The van der Waals surface area contributed by atoms with Crippen molar-refractivity contribution in [2.24, 2.45) is 10.9 Å². The fourth-order valence-corrected chi connectivity index (χ4v) is 2.38. The molecule has 0 spiro atoms. The van der Waals surface area contributed by atoms with Crippen LogP contribution in [0.3, 0.4) is 0 Å². The first kappa shape index (κ1) is 9.11. The van der Waals surface area contributed by atoms with Crippen LogP contribution < -0.4 is 0 Å². The third kappa shape index (κ3) is 1.98. The smallest absolute Gasteiger partial charge is 0.0709 e. The van der Waals surface area contributed by atoms with Gasteiger partial charge in [-0.25, -0.2) is 0 Å². The fourth-order valence-electron chi connectivity index (χ4n) is 1.04. The summed E-state index contributed by atoms with van der Waals surface area (Å²) in [5.74, 6) is 1.80. The molecule has 0 saturated carbocycles. The molecule has 64 valence electrons. The summed E-state index contributed by atoms with van der Waals surface area (Å²) < 4.78 is 0. The van der Waals surface area contributed by atoms with Crippen LogP contribution in [0.15, 0.2) is 4.99 Å². The zero-order chi connectivity index (χ0) is 8.48. The maximum Gasteiger partial charge on any atom is 0.0709 e. The van der Waals surface area contributed by atoms with Gasteiger partial charge in [0.05, 0.1) is 10.6 Å². The van der Waals surface area contributed by atoms with E-state index in [0.29, 0.717) is 5.92 Å². The minimum atomic E-state index is 0.240. The Labute approximate surface area is 73.7 Å². The number of thioether (sulfide) groups is 1. The van der Waals surface area contributed by atoms with Gasteiger partial charge in [-0.1, -0.05) is 20.8 Å². The minimum Gasteiger partial charge on any atom is -0.275 e. The molecule has 1 heterocycles. The molecule has 11 heavy (non-hydrogen) atoms. The summed E-state index contributed by atoms with van der Waals surface area (Å²) in [6.07, 6.45) is 1.16. The van der Waals surface area contributed by atoms with Gasteiger partial charge >= 0.3 is 0 Å². The lowest BCUT2D eigenvalue weighted by atomic mass is 10.0. The topological polar surface area (TPSA) is 12.4 Å². The Kier molecular flexibility index (Phi) is 2.63. The van der Waals surface area contributed by atoms with Gasteiger partial charge in [0.1, 0.15) is 0 Å². The van der Waals surface area contributed by atoms with E-state index in [1.54, 1.807) is 0 Å². The molecule has 0 bridgehead atoms. The van der Waals surface area contributed by atoms with E-state index in [-0.39, 0.29) is 5.54 Å². The molecule has 1 aliphatic rings. The predicted molar refractivity (Wildman–Crippen MR) is 53.4 cm³/mol. The second-order valence-corrected chi connectivity index (χ2v) is 4.74. The molecule has 0 N–H and O–H groups in total. The van der Waals surface area contributed by atoms with Crippen molar-refractivity contribution >= 4 is 16.8 Å². The first-order valence-electron chi connectivity index (χ1n) is 4.30. The quantitative estimate of drug-likeness (QED) is 0.622. The van der Waals surface area contributed by atoms with Gasteiger partial charge in [-0.3, -0.25) is 4.99 Å². The summed E-state index contributed by atoms with van der Waals surface area (Å²) in [4.78, 5) is 4.72. The van der Waals surface area contributed by atoms with Crippen molar-refractivity contribution in [3.63, 3.8) is 0 Å². The van der Waals surface area contributed by atoms with Gasteiger partial charge in [-0.2, -0.15) is 0 Å². The molecule has 0 aromatic carbocycles. The Morgan fingerprint density at radius 1 is 1.64 bits per heavy atom. The molecule has 0 aliphatic carbocycles. The highest BCUT2D eigenvalue weighted by atomic mass is 32.2. The molecular weight excluding hydrogens is 154 g/mol. The molecule has 0 radical (unpaired) electrons. The number of rotatable bonds is 2. The number of hydrogen-bond acceptors (Lipinski definition) is 2. The van der Waals surface area contributed by atoms with Crippen molar-refractivity contribution in [3.8, 4) is 0 Å². The summed E-state index contributed by atoms with van der Waals surface area (Å²) in [5.41, 5.74) is 0.240. The molecule has 1 rings (SSSR count). The van der Waals surface area contributed by atoms with Crippen LogP contribution in [-0.2, 0) is 0 Å². The van der Waals surface area contributed by atoms with Gasteiger partial charge in [0, 0.05) is 11.7 Å². The van der Waals surface area contributed by atoms with Crippen molar-refractivity contribution in [3.05, 3.63) is 0 Å². The Morgan fingerprint density at radius 3 is 2.55 bits per heavy atom. The number of hydrogen-bond donors (Lipinski definition) is 0. The average Bonchev–Trinajstić information content (AvgIpc) is 2.33. The van der Waals surface area contributed by atoms with Gasteiger partial charge in [0.25, 0.3) is 0 Å². The first-order chi connectivity index (χ1) is 5.07. The standard InChI is InChI=1S/C9H17NS/c1-5-9(4)6-11-8(10-9)7(2)3/h7H,5-6H2,1-4H3. The maximum atomic E-state index is 4.72. The van der Waals surface area contributed by atoms with Crippen LogP contribution in [0.1, 0.15) is 34.1 Å². The van der Waals surface area contributed by atoms with Crippen molar-refractivity contribution < 1.29 is 0 Å². The largest absolute Gasteiger partial charge is 0.275 e. The number of nitrogens with zero attached hydrogens (tertiary/aromatic N) is 1. The third-order valence-electron chi connectivity index (χ3n) is 2.17. The Hall–Kier alpha value is 0.0200. The van der Waals surface area contributed by atoms with Crippen LogP contribution in [0.4, 0.5) is 0 Å². The van der Waals surface area contributed by atoms with Gasteiger partial charge in [-0.05, 0) is 13.3 Å². The van der Waals surface area contributed by atoms with E-state index in [4.69, 9.17) is 4.99 Å². The van der Waals surface area contributed by atoms with Crippen LogP contribution in [0.25, 0.3) is 0 Å². The van der Waals surface area contributed by atoms with E-state index in [1.165, 1.54) is 10.8 Å². The van der Waals surface area contributed by atoms with Crippen LogP contribution in [0.2, 0.25) is 0 Å². The molecule has 1 aliphatic heterocycles. The summed E-state index contributed by atoms with van der Waals surface area (Å²) >= 11 is 1.93. The van der Waals surface area contributed by atoms with E-state index in [0.717, 1.165) is 6.42 Å². The van der Waals surface area contributed by atoms with Gasteiger partial charge in [0.2, 0.25) is 0 Å². The van der Waals surface area contributed by atoms with E-state index in [1.807, 2.05) is 11.8 Å². The molecule has 1 atom stereocenters.